The average Bonchev–Trinajstić information content (AvgIpc) is 2.99. The van der Waals surface area contributed by atoms with E-state index in [1.165, 1.54) is 0 Å². The molecule has 0 saturated carbocycles. The summed E-state index contributed by atoms with van der Waals surface area (Å²) in [5, 5.41) is 4.20. The van der Waals surface area contributed by atoms with E-state index in [0.29, 0.717) is 19.8 Å². The Morgan fingerprint density at radius 1 is 1.33 bits per heavy atom. The molecule has 128 valence electrons. The normalized spacial score (nSPS) is 17.9. The minimum Gasteiger partial charge on any atom is -0.377 e. The second-order valence-electron chi connectivity index (χ2n) is 6.16. The van der Waals surface area contributed by atoms with Crippen molar-refractivity contribution in [2.75, 3.05) is 19.8 Å². The highest BCUT2D eigenvalue weighted by molar-refractivity contribution is 5.76. The van der Waals surface area contributed by atoms with E-state index in [4.69, 9.17) is 4.74 Å². The predicted molar refractivity (Wildman–Crippen MR) is 88.4 cm³/mol. The molecule has 7 heteroatoms. The fourth-order valence-corrected chi connectivity index (χ4v) is 2.99. The first-order valence-electron chi connectivity index (χ1n) is 8.26. The van der Waals surface area contributed by atoms with Crippen LogP contribution in [0.5, 0.6) is 0 Å². The first-order chi connectivity index (χ1) is 11.6. The second kappa shape index (κ2) is 7.53. The number of ether oxygens (including phenoxy) is 1. The van der Waals surface area contributed by atoms with Gasteiger partial charge in [-0.15, -0.1) is 0 Å². The Bertz CT molecular complexity index is 700. The predicted octanol–water partition coefficient (Wildman–Crippen LogP) is 1.15. The molecule has 0 N–H and O–H groups in total. The first kappa shape index (κ1) is 16.6. The average molecular weight is 329 g/mol. The molecule has 1 fully saturated rings. The van der Waals surface area contributed by atoms with Crippen LogP contribution in [0.4, 0.5) is 0 Å². The molecule has 3 heterocycles. The number of carbonyl (C=O) groups excluding carboxylic acids is 1. The van der Waals surface area contributed by atoms with Gasteiger partial charge in [0.15, 0.2) is 0 Å². The summed E-state index contributed by atoms with van der Waals surface area (Å²) in [4.78, 5) is 23.2. The van der Waals surface area contributed by atoms with Crippen molar-refractivity contribution >= 4 is 5.91 Å². The molecule has 0 spiro atoms. The van der Waals surface area contributed by atoms with Gasteiger partial charge in [-0.1, -0.05) is 0 Å². The number of amides is 1. The number of aromatic nitrogens is 4. The van der Waals surface area contributed by atoms with E-state index in [1.807, 2.05) is 24.9 Å². The summed E-state index contributed by atoms with van der Waals surface area (Å²) in [5.41, 5.74) is 2.98. The van der Waals surface area contributed by atoms with Crippen LogP contribution in [0.2, 0.25) is 0 Å². The van der Waals surface area contributed by atoms with Crippen molar-refractivity contribution in [3.63, 3.8) is 0 Å². The molecule has 24 heavy (non-hydrogen) atoms. The van der Waals surface area contributed by atoms with Gasteiger partial charge in [0.1, 0.15) is 6.54 Å². The van der Waals surface area contributed by atoms with Crippen molar-refractivity contribution in [3.05, 3.63) is 41.7 Å². The molecule has 0 aromatic carbocycles. The third-order valence-corrected chi connectivity index (χ3v) is 4.30. The van der Waals surface area contributed by atoms with E-state index >= 15 is 0 Å². The molecule has 0 unspecified atom stereocenters. The maximum absolute atomic E-state index is 12.6. The maximum Gasteiger partial charge on any atom is 0.244 e. The van der Waals surface area contributed by atoms with Crippen molar-refractivity contribution in [3.8, 4) is 0 Å². The van der Waals surface area contributed by atoms with Crippen LogP contribution in [0.3, 0.4) is 0 Å². The van der Waals surface area contributed by atoms with Crippen LogP contribution < -0.4 is 0 Å². The van der Waals surface area contributed by atoms with Crippen LogP contribution in [-0.4, -0.2) is 56.4 Å². The Labute approximate surface area is 141 Å². The molecule has 1 saturated heterocycles. The van der Waals surface area contributed by atoms with Gasteiger partial charge >= 0.3 is 0 Å². The molecule has 2 aromatic heterocycles. The van der Waals surface area contributed by atoms with Crippen LogP contribution in [-0.2, 0) is 22.5 Å². The van der Waals surface area contributed by atoms with E-state index in [9.17, 15) is 4.79 Å². The zero-order valence-corrected chi connectivity index (χ0v) is 14.2. The van der Waals surface area contributed by atoms with Crippen molar-refractivity contribution in [2.24, 2.45) is 0 Å². The van der Waals surface area contributed by atoms with Crippen LogP contribution in [0.1, 0.15) is 23.4 Å². The largest absolute Gasteiger partial charge is 0.377 e. The summed E-state index contributed by atoms with van der Waals surface area (Å²) in [6, 6.07) is 0.0734. The first-order valence-corrected chi connectivity index (χ1v) is 8.26. The van der Waals surface area contributed by atoms with Gasteiger partial charge in [0, 0.05) is 25.1 Å². The number of hydrogen-bond acceptors (Lipinski definition) is 5. The molecular formula is C17H23N5O2. The number of rotatable bonds is 5. The Hall–Kier alpha value is -2.28. The Balaban J connectivity index is 1.62. The summed E-state index contributed by atoms with van der Waals surface area (Å²) in [6.07, 6.45) is 8.67. The molecule has 2 aromatic rings. The SMILES string of the molecule is Cc1cnn(CC(=O)N2CCOC[C@H]2CCc2nccnc2C)c1. The fraction of sp³-hybridized carbons (Fsp3) is 0.529. The molecule has 1 aliphatic heterocycles. The summed E-state index contributed by atoms with van der Waals surface area (Å²) < 4.78 is 7.27. The highest BCUT2D eigenvalue weighted by Gasteiger charge is 2.27. The van der Waals surface area contributed by atoms with Gasteiger partial charge in [0.25, 0.3) is 0 Å². The maximum atomic E-state index is 12.6. The molecular weight excluding hydrogens is 306 g/mol. The molecule has 1 aliphatic rings. The van der Waals surface area contributed by atoms with E-state index in [2.05, 4.69) is 15.1 Å². The van der Waals surface area contributed by atoms with Crippen LogP contribution in [0, 0.1) is 13.8 Å². The van der Waals surface area contributed by atoms with E-state index in [-0.39, 0.29) is 18.5 Å². The lowest BCUT2D eigenvalue weighted by atomic mass is 10.1. The van der Waals surface area contributed by atoms with Crippen LogP contribution in [0.25, 0.3) is 0 Å². The molecule has 1 atom stereocenters. The number of carbonyl (C=O) groups is 1. The zero-order chi connectivity index (χ0) is 16.9. The van der Waals surface area contributed by atoms with Gasteiger partial charge in [0.2, 0.25) is 5.91 Å². The van der Waals surface area contributed by atoms with E-state index < -0.39 is 0 Å². The minimum atomic E-state index is 0.0734. The standard InChI is InChI=1S/C17H23N5O2/c1-13-9-20-21(10-13)11-17(23)22-7-8-24-12-15(22)3-4-16-14(2)18-5-6-19-16/h5-6,9-10,15H,3-4,7-8,11-12H2,1-2H3/t15-/m1/s1. The summed E-state index contributed by atoms with van der Waals surface area (Å²) in [6.45, 7) is 5.99. The van der Waals surface area contributed by atoms with Gasteiger partial charge in [-0.25, -0.2) is 0 Å². The highest BCUT2D eigenvalue weighted by Crippen LogP contribution is 2.15. The van der Waals surface area contributed by atoms with E-state index in [0.717, 1.165) is 29.8 Å². The van der Waals surface area contributed by atoms with Gasteiger partial charge in [-0.05, 0) is 32.3 Å². The van der Waals surface area contributed by atoms with Gasteiger partial charge in [-0.2, -0.15) is 5.10 Å². The lowest BCUT2D eigenvalue weighted by molar-refractivity contribution is -0.141. The Morgan fingerprint density at radius 3 is 2.92 bits per heavy atom. The smallest absolute Gasteiger partial charge is 0.244 e. The lowest BCUT2D eigenvalue weighted by Gasteiger charge is -2.35. The molecule has 0 bridgehead atoms. The van der Waals surface area contributed by atoms with Gasteiger partial charge in [0.05, 0.1) is 36.8 Å². The quantitative estimate of drug-likeness (QED) is 0.823. The highest BCUT2D eigenvalue weighted by atomic mass is 16.5. The lowest BCUT2D eigenvalue weighted by Crippen LogP contribution is -2.50. The number of nitrogens with zero attached hydrogens (tertiary/aromatic N) is 5. The van der Waals surface area contributed by atoms with Crippen molar-refractivity contribution in [1.29, 1.82) is 0 Å². The Morgan fingerprint density at radius 2 is 2.17 bits per heavy atom. The molecule has 1 amide bonds. The summed E-state index contributed by atoms with van der Waals surface area (Å²) in [7, 11) is 0. The number of hydrogen-bond donors (Lipinski definition) is 0. The molecule has 0 aliphatic carbocycles. The second-order valence-corrected chi connectivity index (χ2v) is 6.16. The van der Waals surface area contributed by atoms with Gasteiger partial charge < -0.3 is 9.64 Å². The van der Waals surface area contributed by atoms with E-state index in [1.54, 1.807) is 23.3 Å². The molecule has 0 radical (unpaired) electrons. The molecule has 7 nitrogen and oxygen atoms in total. The van der Waals surface area contributed by atoms with Crippen molar-refractivity contribution in [2.45, 2.75) is 39.3 Å². The van der Waals surface area contributed by atoms with Crippen LogP contribution >= 0.6 is 0 Å². The summed E-state index contributed by atoms with van der Waals surface area (Å²) in [5.74, 6) is 0.0854. The van der Waals surface area contributed by atoms with Crippen LogP contribution in [0.15, 0.2) is 24.8 Å². The summed E-state index contributed by atoms with van der Waals surface area (Å²) >= 11 is 0. The third-order valence-electron chi connectivity index (χ3n) is 4.30. The monoisotopic (exact) mass is 329 g/mol. The Kier molecular flexibility index (Phi) is 5.20. The number of morpholine rings is 1. The fourth-order valence-electron chi connectivity index (χ4n) is 2.99. The molecule has 3 rings (SSSR count). The topological polar surface area (TPSA) is 73.1 Å². The number of aryl methyl sites for hydroxylation is 3. The van der Waals surface area contributed by atoms with Crippen molar-refractivity contribution < 1.29 is 9.53 Å². The minimum absolute atomic E-state index is 0.0734. The third kappa shape index (κ3) is 3.97. The van der Waals surface area contributed by atoms with Crippen molar-refractivity contribution in [1.82, 2.24) is 24.6 Å². The zero-order valence-electron chi connectivity index (χ0n) is 14.2. The van der Waals surface area contributed by atoms with Gasteiger partial charge in [-0.3, -0.25) is 19.4 Å².